The zero-order valence-corrected chi connectivity index (χ0v) is 11.1. The molecule has 1 N–H and O–H groups in total. The number of nitro benzene ring substituents is 1. The third-order valence-corrected chi connectivity index (χ3v) is 3.53. The van der Waals surface area contributed by atoms with Gasteiger partial charge in [0.1, 0.15) is 0 Å². The second-order valence-electron chi connectivity index (χ2n) is 3.46. The monoisotopic (exact) mass is 309 g/mol. The molecule has 0 aromatic heterocycles. The number of aryl methyl sites for hydroxylation is 1. The highest BCUT2D eigenvalue weighted by atomic mass is 35.7. The van der Waals surface area contributed by atoms with Crippen LogP contribution in [0.2, 0.25) is 0 Å². The van der Waals surface area contributed by atoms with Gasteiger partial charge in [0, 0.05) is 16.7 Å². The fraction of sp³-hybridized carbons (Fsp3) is 0.222. The molecule has 0 saturated carbocycles. The normalized spacial score (nSPS) is 11.1. The summed E-state index contributed by atoms with van der Waals surface area (Å²) in [5.41, 5.74) is -0.563. The van der Waals surface area contributed by atoms with Crippen molar-refractivity contribution in [1.29, 1.82) is 0 Å². The molecule has 0 fully saturated rings. The number of hydrogen-bond donors (Lipinski definition) is 1. The van der Waals surface area contributed by atoms with Crippen molar-refractivity contribution < 1.29 is 28.0 Å². The Kier molecular flexibility index (Phi) is 4.32. The number of aliphatic carboxylic acids is 1. The molecule has 0 radical (unpaired) electrons. The van der Waals surface area contributed by atoms with E-state index < -0.39 is 37.1 Å². The highest BCUT2D eigenvalue weighted by Gasteiger charge is 2.24. The highest BCUT2D eigenvalue weighted by molar-refractivity contribution is 8.13. The van der Waals surface area contributed by atoms with E-state index in [-0.39, 0.29) is 11.3 Å². The molecule has 0 unspecified atom stereocenters. The first-order valence-corrected chi connectivity index (χ1v) is 7.02. The largest absolute Gasteiger partial charge is 0.479 e. The molecule has 0 aliphatic rings. The number of benzene rings is 1. The first-order chi connectivity index (χ1) is 8.62. The second-order valence-corrected chi connectivity index (χ2v) is 6.00. The number of nitro groups is 1. The van der Waals surface area contributed by atoms with Crippen LogP contribution in [0, 0.1) is 17.0 Å². The fourth-order valence-electron chi connectivity index (χ4n) is 1.31. The van der Waals surface area contributed by atoms with E-state index >= 15 is 0 Å². The molecule has 10 heteroatoms. The number of hydrogen-bond acceptors (Lipinski definition) is 6. The molecule has 1 aromatic rings. The van der Waals surface area contributed by atoms with E-state index in [1.165, 1.54) is 6.92 Å². The van der Waals surface area contributed by atoms with Crippen LogP contribution in [-0.2, 0) is 13.8 Å². The number of rotatable bonds is 5. The Morgan fingerprint density at radius 3 is 2.53 bits per heavy atom. The lowest BCUT2D eigenvalue weighted by Crippen LogP contribution is -2.11. The van der Waals surface area contributed by atoms with Gasteiger partial charge in [0.05, 0.1) is 9.82 Å². The average molecular weight is 310 g/mol. The summed E-state index contributed by atoms with van der Waals surface area (Å²) >= 11 is 0. The predicted octanol–water partition coefficient (Wildman–Crippen LogP) is 1.29. The summed E-state index contributed by atoms with van der Waals surface area (Å²) in [6.45, 7) is 0.569. The zero-order valence-electron chi connectivity index (χ0n) is 9.49. The van der Waals surface area contributed by atoms with Crippen molar-refractivity contribution in [1.82, 2.24) is 0 Å². The van der Waals surface area contributed by atoms with Crippen LogP contribution in [0.1, 0.15) is 5.56 Å². The molecule has 0 aliphatic carbocycles. The van der Waals surface area contributed by atoms with E-state index in [1.807, 2.05) is 0 Å². The van der Waals surface area contributed by atoms with Crippen molar-refractivity contribution in [3.8, 4) is 5.75 Å². The Hall–Kier alpha value is -1.87. The van der Waals surface area contributed by atoms with Crippen LogP contribution in [0.3, 0.4) is 0 Å². The van der Waals surface area contributed by atoms with Gasteiger partial charge in [0.25, 0.3) is 9.05 Å². The SMILES string of the molecule is Cc1cc(OCC(=O)O)c([N+](=O)[O-])cc1S(=O)(=O)Cl. The van der Waals surface area contributed by atoms with Crippen LogP contribution in [0.15, 0.2) is 17.0 Å². The van der Waals surface area contributed by atoms with Gasteiger partial charge in [0.15, 0.2) is 12.4 Å². The minimum Gasteiger partial charge on any atom is -0.479 e. The van der Waals surface area contributed by atoms with Crippen molar-refractivity contribution in [3.05, 3.63) is 27.8 Å². The molecule has 0 spiro atoms. The molecular weight excluding hydrogens is 302 g/mol. The van der Waals surface area contributed by atoms with Gasteiger partial charge in [0.2, 0.25) is 0 Å². The van der Waals surface area contributed by atoms with Gasteiger partial charge >= 0.3 is 11.7 Å². The average Bonchev–Trinajstić information content (AvgIpc) is 2.23. The Bertz CT molecular complexity index is 640. The van der Waals surface area contributed by atoms with Crippen molar-refractivity contribution in [3.63, 3.8) is 0 Å². The molecule has 0 atom stereocenters. The summed E-state index contributed by atoms with van der Waals surface area (Å²) in [6, 6.07) is 1.78. The van der Waals surface area contributed by atoms with Crippen LogP contribution in [0.5, 0.6) is 5.75 Å². The van der Waals surface area contributed by atoms with E-state index in [0.29, 0.717) is 0 Å². The summed E-state index contributed by atoms with van der Waals surface area (Å²) in [4.78, 5) is 19.8. The number of nitrogens with zero attached hydrogens (tertiary/aromatic N) is 1. The Balaban J connectivity index is 3.38. The minimum atomic E-state index is -4.14. The molecule has 0 aliphatic heterocycles. The number of ether oxygens (including phenoxy) is 1. The molecule has 19 heavy (non-hydrogen) atoms. The third-order valence-electron chi connectivity index (χ3n) is 2.07. The van der Waals surface area contributed by atoms with Gasteiger partial charge in [-0.3, -0.25) is 10.1 Å². The Morgan fingerprint density at radius 2 is 2.11 bits per heavy atom. The number of carboxylic acid groups (broad SMARTS) is 1. The first-order valence-electron chi connectivity index (χ1n) is 4.71. The minimum absolute atomic E-state index is 0.112. The summed E-state index contributed by atoms with van der Waals surface area (Å²) in [6.07, 6.45) is 0. The summed E-state index contributed by atoms with van der Waals surface area (Å²) in [5, 5.41) is 19.2. The van der Waals surface area contributed by atoms with Crippen LogP contribution in [0.25, 0.3) is 0 Å². The zero-order chi connectivity index (χ0) is 14.8. The van der Waals surface area contributed by atoms with Crippen molar-refractivity contribution in [2.75, 3.05) is 6.61 Å². The van der Waals surface area contributed by atoms with Gasteiger partial charge in [-0.15, -0.1) is 0 Å². The standard InChI is InChI=1S/C9H8ClNO7S/c1-5-2-7(18-4-9(12)13)6(11(14)15)3-8(5)19(10,16)17/h2-3H,4H2,1H3,(H,12,13). The van der Waals surface area contributed by atoms with E-state index in [4.69, 9.17) is 20.5 Å². The second kappa shape index (κ2) is 5.41. The molecular formula is C9H8ClNO7S. The lowest BCUT2D eigenvalue weighted by Gasteiger charge is -2.08. The first kappa shape index (κ1) is 15.2. The number of carboxylic acids is 1. The van der Waals surface area contributed by atoms with Crippen molar-refractivity contribution in [2.24, 2.45) is 0 Å². The number of halogens is 1. The van der Waals surface area contributed by atoms with Gasteiger partial charge in [-0.25, -0.2) is 13.2 Å². The van der Waals surface area contributed by atoms with E-state index in [0.717, 1.165) is 12.1 Å². The van der Waals surface area contributed by atoms with E-state index in [2.05, 4.69) is 0 Å². The lowest BCUT2D eigenvalue weighted by molar-refractivity contribution is -0.386. The maximum absolute atomic E-state index is 11.2. The predicted molar refractivity (Wildman–Crippen MR) is 64.0 cm³/mol. The summed E-state index contributed by atoms with van der Waals surface area (Å²) in [5.74, 6) is -1.66. The van der Waals surface area contributed by atoms with E-state index in [1.54, 1.807) is 0 Å². The fourth-order valence-corrected chi connectivity index (χ4v) is 2.51. The third kappa shape index (κ3) is 3.80. The van der Waals surface area contributed by atoms with E-state index in [9.17, 15) is 23.3 Å². The van der Waals surface area contributed by atoms with Gasteiger partial charge in [-0.2, -0.15) is 0 Å². The van der Waals surface area contributed by atoms with Crippen LogP contribution >= 0.6 is 10.7 Å². The summed E-state index contributed by atoms with van der Waals surface area (Å²) < 4.78 is 27.2. The quantitative estimate of drug-likeness (QED) is 0.493. The molecule has 8 nitrogen and oxygen atoms in total. The topological polar surface area (TPSA) is 124 Å². The molecule has 1 aromatic carbocycles. The van der Waals surface area contributed by atoms with Crippen LogP contribution in [0.4, 0.5) is 5.69 Å². The van der Waals surface area contributed by atoms with Gasteiger partial charge in [-0.05, 0) is 18.6 Å². The molecule has 104 valence electrons. The Morgan fingerprint density at radius 1 is 1.53 bits per heavy atom. The van der Waals surface area contributed by atoms with Crippen LogP contribution < -0.4 is 4.74 Å². The molecule has 0 heterocycles. The van der Waals surface area contributed by atoms with Crippen LogP contribution in [-0.4, -0.2) is 31.0 Å². The highest BCUT2D eigenvalue weighted by Crippen LogP contribution is 2.33. The molecule has 0 amide bonds. The summed E-state index contributed by atoms with van der Waals surface area (Å²) in [7, 11) is 0.993. The Labute approximate surface area is 112 Å². The van der Waals surface area contributed by atoms with Gasteiger partial charge in [-0.1, -0.05) is 0 Å². The van der Waals surface area contributed by atoms with Crippen molar-refractivity contribution >= 4 is 31.4 Å². The number of carbonyl (C=O) groups is 1. The molecule has 0 saturated heterocycles. The maximum Gasteiger partial charge on any atom is 0.341 e. The van der Waals surface area contributed by atoms with Crippen molar-refractivity contribution in [2.45, 2.75) is 11.8 Å². The molecule has 1 rings (SSSR count). The smallest absolute Gasteiger partial charge is 0.341 e. The molecule has 0 bridgehead atoms. The lowest BCUT2D eigenvalue weighted by atomic mass is 10.2. The van der Waals surface area contributed by atoms with Gasteiger partial charge < -0.3 is 9.84 Å². The maximum atomic E-state index is 11.2.